The smallest absolute Gasteiger partial charge is 0.161 e. The second-order valence-electron chi connectivity index (χ2n) is 10.3. The molecule has 0 aromatic heterocycles. The second-order valence-corrected chi connectivity index (χ2v) is 10.3. The number of ether oxygens (including phenoxy) is 2. The fourth-order valence-corrected chi connectivity index (χ4v) is 5.69. The zero-order chi connectivity index (χ0) is 26.6. The van der Waals surface area contributed by atoms with Crippen molar-refractivity contribution in [1.29, 1.82) is 0 Å². The summed E-state index contributed by atoms with van der Waals surface area (Å²) in [7, 11) is 0. The Morgan fingerprint density at radius 2 is 1.74 bits per heavy atom. The summed E-state index contributed by atoms with van der Waals surface area (Å²) < 4.78 is 11.9. The largest absolute Gasteiger partial charge is 0.490 e. The summed E-state index contributed by atoms with van der Waals surface area (Å²) in [5, 5.41) is 3.83. The molecule has 4 aromatic carbocycles. The summed E-state index contributed by atoms with van der Waals surface area (Å²) in [5.74, 6) is 2.47. The van der Waals surface area contributed by atoms with Crippen LogP contribution in [0.15, 0.2) is 108 Å². The van der Waals surface area contributed by atoms with Crippen LogP contribution in [0.2, 0.25) is 0 Å². The minimum atomic E-state index is 0.287. The summed E-state index contributed by atoms with van der Waals surface area (Å²) in [6, 6.07) is 31.8. The van der Waals surface area contributed by atoms with Gasteiger partial charge in [-0.15, -0.1) is 0 Å². The monoisotopic (exact) mass is 514 g/mol. The maximum atomic E-state index is 6.04. The van der Waals surface area contributed by atoms with Crippen molar-refractivity contribution >= 4 is 17.6 Å². The third-order valence-corrected chi connectivity index (χ3v) is 7.64. The molecule has 6 rings (SSSR count). The Hall–Kier alpha value is -4.31. The van der Waals surface area contributed by atoms with Gasteiger partial charge in [0.25, 0.3) is 0 Å². The predicted octanol–water partition coefficient (Wildman–Crippen LogP) is 8.55. The molecule has 0 spiro atoms. The molecule has 0 bridgehead atoms. The molecule has 4 aromatic rings. The zero-order valence-corrected chi connectivity index (χ0v) is 22.5. The number of nitrogens with zero attached hydrogens (tertiary/aromatic N) is 1. The van der Waals surface area contributed by atoms with Gasteiger partial charge in [0.05, 0.1) is 18.3 Å². The van der Waals surface area contributed by atoms with Gasteiger partial charge in [-0.2, -0.15) is 0 Å². The Bertz CT molecular complexity index is 1490. The van der Waals surface area contributed by atoms with Crippen LogP contribution in [0.1, 0.15) is 53.1 Å². The standard InChI is InChI=1S/C35H34N2O2/c1-3-38-34-21-26(13-19-33(34)39-23-25-8-5-4-6-9-25)22-36-28-16-14-27(15-17-28)35-30-11-7-10-29(30)31-20-24(2)12-18-32(31)37-35/h4-10,12-22,29-30,35,37H,3,11,23H2,1-2H3/t29-,30+,35+/m1/s1. The van der Waals surface area contributed by atoms with Gasteiger partial charge in [0.1, 0.15) is 6.61 Å². The number of aliphatic imine (C=N–C) groups is 1. The van der Waals surface area contributed by atoms with Gasteiger partial charge in [-0.1, -0.05) is 72.3 Å². The molecular weight excluding hydrogens is 480 g/mol. The normalized spacial score (nSPS) is 19.4. The summed E-state index contributed by atoms with van der Waals surface area (Å²) in [6.45, 7) is 5.22. The zero-order valence-electron chi connectivity index (χ0n) is 22.5. The highest BCUT2D eigenvalue weighted by Crippen LogP contribution is 2.50. The lowest BCUT2D eigenvalue weighted by atomic mass is 9.76. The van der Waals surface area contributed by atoms with Crippen molar-refractivity contribution in [3.8, 4) is 11.5 Å². The molecule has 3 atom stereocenters. The summed E-state index contributed by atoms with van der Waals surface area (Å²) in [6.07, 6.45) is 7.72. The van der Waals surface area contributed by atoms with Crippen molar-refractivity contribution in [3.05, 3.63) is 131 Å². The van der Waals surface area contributed by atoms with E-state index in [0.717, 1.165) is 34.7 Å². The number of anilines is 1. The quantitative estimate of drug-likeness (QED) is 0.189. The Kier molecular flexibility index (Phi) is 7.18. The lowest BCUT2D eigenvalue weighted by Crippen LogP contribution is -2.29. The van der Waals surface area contributed by atoms with E-state index >= 15 is 0 Å². The average molecular weight is 515 g/mol. The molecular formula is C35H34N2O2. The maximum absolute atomic E-state index is 6.04. The Morgan fingerprint density at radius 3 is 2.56 bits per heavy atom. The molecule has 0 amide bonds. The molecule has 1 aliphatic carbocycles. The Morgan fingerprint density at radius 1 is 0.897 bits per heavy atom. The van der Waals surface area contributed by atoms with E-state index < -0.39 is 0 Å². The second kappa shape index (κ2) is 11.2. The maximum Gasteiger partial charge on any atom is 0.161 e. The average Bonchev–Trinajstić information content (AvgIpc) is 3.47. The van der Waals surface area contributed by atoms with Gasteiger partial charge in [0.15, 0.2) is 11.5 Å². The van der Waals surface area contributed by atoms with Crippen molar-refractivity contribution in [2.75, 3.05) is 11.9 Å². The number of fused-ring (bicyclic) bond motifs is 3. The van der Waals surface area contributed by atoms with Crippen LogP contribution < -0.4 is 14.8 Å². The van der Waals surface area contributed by atoms with Crippen molar-refractivity contribution in [2.24, 2.45) is 10.9 Å². The Labute approximate surface area is 231 Å². The molecule has 0 radical (unpaired) electrons. The van der Waals surface area contributed by atoms with Gasteiger partial charge >= 0.3 is 0 Å². The summed E-state index contributed by atoms with van der Waals surface area (Å²) >= 11 is 0. The van der Waals surface area contributed by atoms with Gasteiger partial charge in [-0.05, 0) is 84.8 Å². The number of allylic oxidation sites excluding steroid dienone is 2. The molecule has 4 nitrogen and oxygen atoms in total. The van der Waals surface area contributed by atoms with Gasteiger partial charge in [0.2, 0.25) is 0 Å². The van der Waals surface area contributed by atoms with Gasteiger partial charge in [-0.3, -0.25) is 4.99 Å². The molecule has 196 valence electrons. The molecule has 0 saturated heterocycles. The first kappa shape index (κ1) is 25.0. The van der Waals surface area contributed by atoms with Gasteiger partial charge in [-0.25, -0.2) is 0 Å². The van der Waals surface area contributed by atoms with E-state index in [0.29, 0.717) is 25.0 Å². The molecule has 4 heteroatoms. The summed E-state index contributed by atoms with van der Waals surface area (Å²) in [4.78, 5) is 4.75. The summed E-state index contributed by atoms with van der Waals surface area (Å²) in [5.41, 5.74) is 8.31. The minimum absolute atomic E-state index is 0.287. The number of aryl methyl sites for hydroxylation is 1. The van der Waals surface area contributed by atoms with Gasteiger partial charge in [0, 0.05) is 17.8 Å². The lowest BCUT2D eigenvalue weighted by Gasteiger charge is -2.37. The van der Waals surface area contributed by atoms with Crippen molar-refractivity contribution in [1.82, 2.24) is 0 Å². The third-order valence-electron chi connectivity index (χ3n) is 7.64. The van der Waals surface area contributed by atoms with Crippen LogP contribution >= 0.6 is 0 Å². The first-order valence-corrected chi connectivity index (χ1v) is 13.8. The highest BCUT2D eigenvalue weighted by atomic mass is 16.5. The van der Waals surface area contributed by atoms with Crippen molar-refractivity contribution in [3.63, 3.8) is 0 Å². The molecule has 1 N–H and O–H groups in total. The lowest BCUT2D eigenvalue weighted by molar-refractivity contribution is 0.269. The topological polar surface area (TPSA) is 42.8 Å². The van der Waals surface area contributed by atoms with E-state index in [1.165, 1.54) is 22.4 Å². The van der Waals surface area contributed by atoms with Crippen molar-refractivity contribution < 1.29 is 9.47 Å². The molecule has 39 heavy (non-hydrogen) atoms. The van der Waals surface area contributed by atoms with Crippen LogP contribution in [0.25, 0.3) is 0 Å². The molecule has 0 fully saturated rings. The molecule has 0 saturated carbocycles. The fourth-order valence-electron chi connectivity index (χ4n) is 5.69. The van der Waals surface area contributed by atoms with Crippen LogP contribution in [0.3, 0.4) is 0 Å². The number of benzene rings is 4. The number of nitrogens with one attached hydrogen (secondary N) is 1. The van der Waals surface area contributed by atoms with E-state index in [1.807, 2.05) is 49.5 Å². The van der Waals surface area contributed by atoms with E-state index in [1.54, 1.807) is 0 Å². The molecule has 2 aliphatic rings. The molecule has 0 unspecified atom stereocenters. The van der Waals surface area contributed by atoms with Crippen molar-refractivity contribution in [2.45, 2.75) is 38.8 Å². The minimum Gasteiger partial charge on any atom is -0.490 e. The van der Waals surface area contributed by atoms with E-state index in [4.69, 9.17) is 14.5 Å². The number of rotatable bonds is 8. The first-order chi connectivity index (χ1) is 19.2. The van der Waals surface area contributed by atoms with Crippen LogP contribution in [-0.2, 0) is 6.61 Å². The molecule has 1 heterocycles. The van der Waals surface area contributed by atoms with Gasteiger partial charge < -0.3 is 14.8 Å². The predicted molar refractivity (Wildman–Crippen MR) is 160 cm³/mol. The SMILES string of the molecule is CCOc1cc(C=Nc2ccc([C@@H]3Nc4ccc(C)cc4[C@@H]4C=CC[C@@H]43)cc2)ccc1OCc1ccccc1. The number of hydrogen-bond acceptors (Lipinski definition) is 4. The first-order valence-electron chi connectivity index (χ1n) is 13.8. The highest BCUT2D eigenvalue weighted by molar-refractivity contribution is 5.83. The van der Waals surface area contributed by atoms with Crippen LogP contribution in [0.5, 0.6) is 11.5 Å². The Balaban J connectivity index is 1.16. The number of hydrogen-bond donors (Lipinski definition) is 1. The van der Waals surface area contributed by atoms with E-state index in [2.05, 4.69) is 79.0 Å². The van der Waals surface area contributed by atoms with Crippen LogP contribution in [0.4, 0.5) is 11.4 Å². The fraction of sp³-hybridized carbons (Fsp3) is 0.229. The van der Waals surface area contributed by atoms with Crippen LogP contribution in [0, 0.1) is 12.8 Å². The molecule has 1 aliphatic heterocycles. The van der Waals surface area contributed by atoms with Crippen LogP contribution in [-0.4, -0.2) is 12.8 Å². The van der Waals surface area contributed by atoms with E-state index in [9.17, 15) is 0 Å². The highest BCUT2D eigenvalue weighted by Gasteiger charge is 2.37. The third kappa shape index (κ3) is 5.46. The van der Waals surface area contributed by atoms with E-state index in [-0.39, 0.29) is 6.04 Å².